The van der Waals surface area contributed by atoms with E-state index in [2.05, 4.69) is 78.5 Å². The molecule has 4 nitrogen and oxygen atoms in total. The molecule has 2 aromatic rings. The molecule has 0 N–H and O–H groups in total. The maximum absolute atomic E-state index is 9.15. The number of nitriles is 1. The number of anilines is 1. The highest BCUT2D eigenvalue weighted by molar-refractivity contribution is 5.58. The van der Waals surface area contributed by atoms with Crippen molar-refractivity contribution in [3.8, 4) is 11.8 Å². The summed E-state index contributed by atoms with van der Waals surface area (Å²) in [5.74, 6) is 2.23. The van der Waals surface area contributed by atoms with Crippen molar-refractivity contribution in [3.05, 3.63) is 83.1 Å². The number of allylic oxidation sites excluding steroid dienone is 1. The number of nitrogens with zero attached hydrogens (tertiary/aromatic N) is 3. The molecular weight excluding hydrogens is 346 g/mol. The molecule has 1 aliphatic carbocycles. The minimum Gasteiger partial charge on any atom is -0.461 e. The van der Waals surface area contributed by atoms with Crippen molar-refractivity contribution in [1.82, 2.24) is 4.90 Å². The molecule has 0 fully saturated rings. The SMILES string of the molecule is CN(C)c1ccc2c(c1)OC1=CC(N(C)C)C=CC1C2c1ccc(C#N)cc1. The van der Waals surface area contributed by atoms with Gasteiger partial charge in [0.15, 0.2) is 0 Å². The Morgan fingerprint density at radius 2 is 1.71 bits per heavy atom. The van der Waals surface area contributed by atoms with Crippen LogP contribution in [0.3, 0.4) is 0 Å². The molecule has 0 aromatic heterocycles. The minimum atomic E-state index is 0.154. The fourth-order valence-electron chi connectivity index (χ4n) is 3.98. The zero-order valence-electron chi connectivity index (χ0n) is 16.8. The molecule has 0 bridgehead atoms. The Kier molecular flexibility index (Phi) is 4.70. The number of benzene rings is 2. The van der Waals surface area contributed by atoms with Gasteiger partial charge in [-0.25, -0.2) is 0 Å². The highest BCUT2D eigenvalue weighted by atomic mass is 16.5. The largest absolute Gasteiger partial charge is 0.461 e. The van der Waals surface area contributed by atoms with E-state index >= 15 is 0 Å². The maximum Gasteiger partial charge on any atom is 0.132 e. The molecule has 3 unspecified atom stereocenters. The van der Waals surface area contributed by atoms with Gasteiger partial charge in [-0.3, -0.25) is 4.90 Å². The lowest BCUT2D eigenvalue weighted by Gasteiger charge is -2.38. The summed E-state index contributed by atoms with van der Waals surface area (Å²) in [7, 11) is 8.23. The molecule has 0 amide bonds. The van der Waals surface area contributed by atoms with E-state index in [1.807, 2.05) is 26.2 Å². The number of likely N-dealkylation sites (N-methyl/N-ethyl adjacent to an activating group) is 1. The third-order valence-corrected chi connectivity index (χ3v) is 5.61. The predicted octanol–water partition coefficient (Wildman–Crippen LogP) is 4.15. The van der Waals surface area contributed by atoms with Crippen LogP contribution < -0.4 is 9.64 Å². The minimum absolute atomic E-state index is 0.154. The summed E-state index contributed by atoms with van der Waals surface area (Å²) in [6.45, 7) is 0. The van der Waals surface area contributed by atoms with Gasteiger partial charge in [-0.1, -0.05) is 30.4 Å². The van der Waals surface area contributed by atoms with Gasteiger partial charge < -0.3 is 9.64 Å². The van der Waals surface area contributed by atoms with Crippen molar-refractivity contribution in [2.45, 2.75) is 12.0 Å². The number of rotatable bonds is 3. The van der Waals surface area contributed by atoms with Crippen LogP contribution in [0.15, 0.2) is 66.5 Å². The van der Waals surface area contributed by atoms with E-state index in [4.69, 9.17) is 10.00 Å². The van der Waals surface area contributed by atoms with Crippen molar-refractivity contribution >= 4 is 5.69 Å². The highest BCUT2D eigenvalue weighted by Gasteiger charge is 2.36. The molecule has 0 saturated heterocycles. The van der Waals surface area contributed by atoms with Crippen molar-refractivity contribution in [2.24, 2.45) is 5.92 Å². The van der Waals surface area contributed by atoms with E-state index in [9.17, 15) is 0 Å². The Bertz CT molecular complexity index is 980. The smallest absolute Gasteiger partial charge is 0.132 e. The second-order valence-corrected chi connectivity index (χ2v) is 7.86. The highest BCUT2D eigenvalue weighted by Crippen LogP contribution is 2.48. The van der Waals surface area contributed by atoms with Gasteiger partial charge in [0, 0.05) is 49.3 Å². The lowest BCUT2D eigenvalue weighted by Crippen LogP contribution is -2.32. The van der Waals surface area contributed by atoms with Crippen LogP contribution in [0.25, 0.3) is 0 Å². The van der Waals surface area contributed by atoms with E-state index in [0.717, 1.165) is 17.2 Å². The molecule has 3 atom stereocenters. The number of fused-ring (bicyclic) bond motifs is 2. The fraction of sp³-hybridized carbons (Fsp3) is 0.292. The molecule has 0 radical (unpaired) electrons. The first-order chi connectivity index (χ1) is 13.5. The van der Waals surface area contributed by atoms with Crippen LogP contribution in [0.5, 0.6) is 5.75 Å². The molecule has 4 rings (SSSR count). The van der Waals surface area contributed by atoms with Crippen molar-refractivity contribution < 1.29 is 4.74 Å². The summed E-state index contributed by atoms with van der Waals surface area (Å²) in [6.07, 6.45) is 6.73. The van der Waals surface area contributed by atoms with Gasteiger partial charge in [-0.15, -0.1) is 0 Å². The van der Waals surface area contributed by atoms with Gasteiger partial charge in [-0.05, 0) is 43.9 Å². The van der Waals surface area contributed by atoms with Gasteiger partial charge in [0.2, 0.25) is 0 Å². The first-order valence-corrected chi connectivity index (χ1v) is 9.53. The second-order valence-electron chi connectivity index (χ2n) is 7.86. The van der Waals surface area contributed by atoms with Crippen molar-refractivity contribution in [3.63, 3.8) is 0 Å². The number of hydrogen-bond donors (Lipinski definition) is 0. The molecule has 142 valence electrons. The molecule has 1 aliphatic heterocycles. The molecule has 0 saturated carbocycles. The van der Waals surface area contributed by atoms with Crippen LogP contribution in [0.1, 0.15) is 22.6 Å². The predicted molar refractivity (Wildman–Crippen MR) is 113 cm³/mol. The Morgan fingerprint density at radius 3 is 2.36 bits per heavy atom. The zero-order chi connectivity index (χ0) is 19.8. The molecule has 28 heavy (non-hydrogen) atoms. The van der Waals surface area contributed by atoms with Crippen LogP contribution >= 0.6 is 0 Å². The Balaban J connectivity index is 1.84. The van der Waals surface area contributed by atoms with Crippen molar-refractivity contribution in [2.75, 3.05) is 33.1 Å². The normalized spacial score (nSPS) is 22.6. The molecule has 1 heterocycles. The number of ether oxygens (including phenoxy) is 1. The van der Waals surface area contributed by atoms with Gasteiger partial charge >= 0.3 is 0 Å². The summed E-state index contributed by atoms with van der Waals surface area (Å²) in [6, 6.07) is 16.8. The fourth-order valence-corrected chi connectivity index (χ4v) is 3.98. The summed E-state index contributed by atoms with van der Waals surface area (Å²) >= 11 is 0. The Morgan fingerprint density at radius 1 is 0.964 bits per heavy atom. The van der Waals surface area contributed by atoms with Gasteiger partial charge in [0.1, 0.15) is 11.5 Å². The van der Waals surface area contributed by atoms with Crippen molar-refractivity contribution in [1.29, 1.82) is 5.26 Å². The lowest BCUT2D eigenvalue weighted by molar-refractivity contribution is 0.300. The van der Waals surface area contributed by atoms with E-state index in [1.165, 1.54) is 11.1 Å². The number of hydrogen-bond acceptors (Lipinski definition) is 4. The average molecular weight is 371 g/mol. The quantitative estimate of drug-likeness (QED) is 0.760. The van der Waals surface area contributed by atoms with Crippen LogP contribution in [-0.4, -0.2) is 39.1 Å². The molecule has 4 heteroatoms. The molecular formula is C24H25N3O. The van der Waals surface area contributed by atoms with E-state index in [-0.39, 0.29) is 17.9 Å². The average Bonchev–Trinajstić information content (AvgIpc) is 2.71. The molecule has 0 spiro atoms. The second kappa shape index (κ2) is 7.18. The van der Waals surface area contributed by atoms with Gasteiger partial charge in [-0.2, -0.15) is 5.26 Å². The molecule has 2 aliphatic rings. The maximum atomic E-state index is 9.15. The van der Waals surface area contributed by atoms with Crippen LogP contribution in [0, 0.1) is 17.2 Å². The lowest BCUT2D eigenvalue weighted by atomic mass is 9.75. The molecule has 2 aromatic carbocycles. The first-order valence-electron chi connectivity index (χ1n) is 9.53. The third-order valence-electron chi connectivity index (χ3n) is 5.61. The van der Waals surface area contributed by atoms with E-state index in [1.54, 1.807) is 0 Å². The topological polar surface area (TPSA) is 39.5 Å². The summed E-state index contributed by atoms with van der Waals surface area (Å²) in [5.41, 5.74) is 4.18. The zero-order valence-corrected chi connectivity index (χ0v) is 16.8. The Labute approximate surface area is 167 Å². The summed E-state index contributed by atoms with van der Waals surface area (Å²) in [5, 5.41) is 9.15. The van der Waals surface area contributed by atoms with E-state index < -0.39 is 0 Å². The summed E-state index contributed by atoms with van der Waals surface area (Å²) in [4.78, 5) is 4.26. The van der Waals surface area contributed by atoms with E-state index in [0.29, 0.717) is 5.56 Å². The van der Waals surface area contributed by atoms with Crippen LogP contribution in [0.4, 0.5) is 5.69 Å². The Hall–Kier alpha value is -3.03. The first kappa shape index (κ1) is 18.3. The van der Waals surface area contributed by atoms with Gasteiger partial charge in [0.25, 0.3) is 0 Å². The monoisotopic (exact) mass is 371 g/mol. The summed E-state index contributed by atoms with van der Waals surface area (Å²) < 4.78 is 6.41. The third kappa shape index (κ3) is 3.19. The van der Waals surface area contributed by atoms with Crippen LogP contribution in [0.2, 0.25) is 0 Å². The van der Waals surface area contributed by atoms with Gasteiger partial charge in [0.05, 0.1) is 11.6 Å². The van der Waals surface area contributed by atoms with Crippen LogP contribution in [-0.2, 0) is 0 Å². The standard InChI is InChI=1S/C24H25N3O/c1-26(2)18-9-11-20-22(13-18)28-23-14-19(27(3)4)10-12-21(23)24(20)17-7-5-16(15-25)6-8-17/h5-14,18,20,24H,1-4H3.